The van der Waals surface area contributed by atoms with E-state index in [0.29, 0.717) is 18.4 Å². The van der Waals surface area contributed by atoms with Crippen LogP contribution >= 0.6 is 0 Å². The fourth-order valence-corrected chi connectivity index (χ4v) is 5.64. The number of furan rings is 1. The minimum atomic E-state index is -0.530. The average Bonchev–Trinajstić information content (AvgIpc) is 3.72. The molecule has 1 aromatic heterocycles. The summed E-state index contributed by atoms with van der Waals surface area (Å²) in [7, 11) is 0. The molecular weight excluding hydrogens is 438 g/mol. The smallest absolute Gasteiger partial charge is 0.256 e. The zero-order valence-electron chi connectivity index (χ0n) is 20.2. The summed E-state index contributed by atoms with van der Waals surface area (Å²) in [4.78, 5) is 34.5. The summed E-state index contributed by atoms with van der Waals surface area (Å²) in [5, 5.41) is 1.10. The van der Waals surface area contributed by atoms with Crippen molar-refractivity contribution in [2.45, 2.75) is 45.1 Å². The number of hydrogen-bond acceptors (Lipinski definition) is 4. The molecule has 2 amide bonds. The van der Waals surface area contributed by atoms with Crippen LogP contribution in [0.5, 0.6) is 0 Å². The minimum absolute atomic E-state index is 0.142. The molecule has 0 bridgehead atoms. The number of amidine groups is 1. The highest BCUT2D eigenvalue weighted by atomic mass is 16.3. The van der Waals surface area contributed by atoms with Gasteiger partial charge in [0.1, 0.15) is 22.7 Å². The third kappa shape index (κ3) is 3.41. The van der Waals surface area contributed by atoms with Gasteiger partial charge >= 0.3 is 0 Å². The lowest BCUT2D eigenvalue weighted by atomic mass is 9.96. The van der Waals surface area contributed by atoms with E-state index in [-0.39, 0.29) is 11.8 Å². The summed E-state index contributed by atoms with van der Waals surface area (Å²) in [6.45, 7) is 6.22. The van der Waals surface area contributed by atoms with Crippen molar-refractivity contribution in [3.8, 4) is 11.1 Å². The normalized spacial score (nSPS) is 21.1. The van der Waals surface area contributed by atoms with E-state index < -0.39 is 5.54 Å². The highest BCUT2D eigenvalue weighted by molar-refractivity contribution is 6.17. The molecule has 2 aromatic carbocycles. The number of carbonyl (C=O) groups is 2. The lowest BCUT2D eigenvalue weighted by molar-refractivity contribution is -0.139. The Labute approximate surface area is 204 Å². The summed E-state index contributed by atoms with van der Waals surface area (Å²) < 4.78 is 5.72. The molecular formula is C29H29N3O3. The standard InChI is InChI=1S/C29H29N3O3/c1-17-11-21(22-6-8-25-23(13-22)12-18(2)35-25)5-7-24(17)26-30-29(9-10-29)28(34)32(26)16-19-14-31(15-19)27(33)20-3-4-20/h5-8,11-13,19-20H,3-4,9-10,14-16H2,1-2H3. The van der Waals surface area contributed by atoms with Gasteiger partial charge in [-0.25, -0.2) is 0 Å². The van der Waals surface area contributed by atoms with Crippen molar-refractivity contribution in [3.63, 3.8) is 0 Å². The highest BCUT2D eigenvalue weighted by Crippen LogP contribution is 2.46. The number of likely N-dealkylation sites (tertiary alicyclic amines) is 1. The number of benzene rings is 2. The van der Waals surface area contributed by atoms with Crippen LogP contribution in [-0.4, -0.2) is 52.6 Å². The quantitative estimate of drug-likeness (QED) is 0.546. The largest absolute Gasteiger partial charge is 0.461 e. The summed E-state index contributed by atoms with van der Waals surface area (Å²) in [6.07, 6.45) is 3.75. The molecule has 0 atom stereocenters. The van der Waals surface area contributed by atoms with E-state index in [1.165, 1.54) is 0 Å². The van der Waals surface area contributed by atoms with E-state index in [4.69, 9.17) is 9.41 Å². The number of fused-ring (bicyclic) bond motifs is 1. The van der Waals surface area contributed by atoms with E-state index in [1.807, 2.05) is 22.8 Å². The molecule has 6 heteroatoms. The van der Waals surface area contributed by atoms with E-state index in [9.17, 15) is 9.59 Å². The van der Waals surface area contributed by atoms with Gasteiger partial charge in [0.25, 0.3) is 5.91 Å². The van der Waals surface area contributed by atoms with Crippen LogP contribution in [-0.2, 0) is 9.59 Å². The molecule has 3 fully saturated rings. The third-order valence-electron chi connectivity index (χ3n) is 8.02. The topological polar surface area (TPSA) is 66.1 Å². The predicted molar refractivity (Wildman–Crippen MR) is 134 cm³/mol. The summed E-state index contributed by atoms with van der Waals surface area (Å²) >= 11 is 0. The molecule has 0 unspecified atom stereocenters. The minimum Gasteiger partial charge on any atom is -0.461 e. The molecule has 35 heavy (non-hydrogen) atoms. The van der Waals surface area contributed by atoms with Crippen molar-refractivity contribution in [1.29, 1.82) is 0 Å². The van der Waals surface area contributed by atoms with Crippen molar-refractivity contribution in [2.24, 2.45) is 16.8 Å². The van der Waals surface area contributed by atoms with Crippen LogP contribution < -0.4 is 0 Å². The van der Waals surface area contributed by atoms with E-state index in [1.54, 1.807) is 0 Å². The molecule has 0 N–H and O–H groups in total. The van der Waals surface area contributed by atoms with E-state index in [2.05, 4.69) is 43.3 Å². The van der Waals surface area contributed by atoms with Crippen LogP contribution in [0.3, 0.4) is 0 Å². The van der Waals surface area contributed by atoms with Crippen LogP contribution in [0.4, 0.5) is 0 Å². The Bertz CT molecular complexity index is 1420. The lowest BCUT2D eigenvalue weighted by Crippen LogP contribution is -2.55. The second-order valence-corrected chi connectivity index (χ2v) is 10.9. The van der Waals surface area contributed by atoms with Gasteiger partial charge in [-0.3, -0.25) is 19.5 Å². The molecule has 4 aliphatic rings. The first-order valence-corrected chi connectivity index (χ1v) is 12.7. The van der Waals surface area contributed by atoms with Gasteiger partial charge in [0.15, 0.2) is 0 Å². The van der Waals surface area contributed by atoms with Gasteiger partial charge in [0.05, 0.1) is 0 Å². The molecule has 3 heterocycles. The molecule has 3 aromatic rings. The first-order valence-electron chi connectivity index (χ1n) is 12.7. The van der Waals surface area contributed by atoms with Crippen LogP contribution in [0.25, 0.3) is 22.1 Å². The maximum absolute atomic E-state index is 13.3. The van der Waals surface area contributed by atoms with Gasteiger partial charge in [-0.1, -0.05) is 24.3 Å². The first kappa shape index (κ1) is 20.9. The summed E-state index contributed by atoms with van der Waals surface area (Å²) in [5.74, 6) is 2.75. The Hall–Kier alpha value is -3.41. The molecule has 2 saturated carbocycles. The summed E-state index contributed by atoms with van der Waals surface area (Å²) in [5.41, 5.74) is 4.78. The number of amides is 2. The van der Waals surface area contributed by atoms with Gasteiger partial charge < -0.3 is 9.32 Å². The third-order valence-corrected chi connectivity index (χ3v) is 8.02. The van der Waals surface area contributed by atoms with Gasteiger partial charge in [0, 0.05) is 42.4 Å². The molecule has 2 aliphatic carbocycles. The van der Waals surface area contributed by atoms with Gasteiger partial charge in [-0.15, -0.1) is 0 Å². The second kappa shape index (κ2) is 7.30. The molecule has 1 spiro atoms. The highest BCUT2D eigenvalue weighted by Gasteiger charge is 2.58. The molecule has 7 rings (SSSR count). The average molecular weight is 468 g/mol. The second-order valence-electron chi connectivity index (χ2n) is 10.9. The molecule has 6 nitrogen and oxygen atoms in total. The van der Waals surface area contributed by atoms with Crippen LogP contribution in [0, 0.1) is 25.7 Å². The predicted octanol–water partition coefficient (Wildman–Crippen LogP) is 4.71. The first-order chi connectivity index (χ1) is 16.9. The number of hydrogen-bond donors (Lipinski definition) is 0. The zero-order chi connectivity index (χ0) is 23.9. The van der Waals surface area contributed by atoms with Crippen LogP contribution in [0.1, 0.15) is 42.6 Å². The lowest BCUT2D eigenvalue weighted by Gasteiger charge is -2.41. The maximum atomic E-state index is 13.3. The number of rotatable bonds is 5. The Kier molecular flexibility index (Phi) is 4.36. The fraction of sp³-hybridized carbons (Fsp3) is 0.414. The molecule has 2 aliphatic heterocycles. The van der Waals surface area contributed by atoms with E-state index >= 15 is 0 Å². The number of carbonyl (C=O) groups excluding carboxylic acids is 2. The molecule has 1 saturated heterocycles. The van der Waals surface area contributed by atoms with E-state index in [0.717, 1.165) is 83.6 Å². The van der Waals surface area contributed by atoms with Crippen molar-refractivity contribution >= 4 is 28.6 Å². The zero-order valence-corrected chi connectivity index (χ0v) is 20.2. The van der Waals surface area contributed by atoms with Crippen molar-refractivity contribution in [3.05, 3.63) is 59.4 Å². The van der Waals surface area contributed by atoms with Crippen LogP contribution in [0.2, 0.25) is 0 Å². The SMILES string of the molecule is Cc1cc2cc(-c3ccc(C4=NC5(CC5)C(=O)N4CC4CN(C(=O)C5CC5)C4)c(C)c3)ccc2o1. The Balaban J connectivity index is 1.14. The molecule has 0 radical (unpaired) electrons. The monoisotopic (exact) mass is 467 g/mol. The fourth-order valence-electron chi connectivity index (χ4n) is 5.64. The number of aryl methyl sites for hydroxylation is 2. The Morgan fingerprint density at radius 2 is 1.80 bits per heavy atom. The molecule has 178 valence electrons. The number of nitrogens with zero attached hydrogens (tertiary/aromatic N) is 3. The summed E-state index contributed by atoms with van der Waals surface area (Å²) in [6, 6.07) is 14.8. The Morgan fingerprint density at radius 1 is 1.06 bits per heavy atom. The maximum Gasteiger partial charge on any atom is 0.256 e. The van der Waals surface area contributed by atoms with Crippen LogP contribution in [0.15, 0.2) is 51.9 Å². The number of aliphatic imine (C=N–C) groups is 1. The Morgan fingerprint density at radius 3 is 2.51 bits per heavy atom. The van der Waals surface area contributed by atoms with Gasteiger partial charge in [-0.2, -0.15) is 0 Å². The van der Waals surface area contributed by atoms with Gasteiger partial charge in [0.2, 0.25) is 5.91 Å². The van der Waals surface area contributed by atoms with Crippen molar-refractivity contribution in [2.75, 3.05) is 19.6 Å². The van der Waals surface area contributed by atoms with Crippen molar-refractivity contribution < 1.29 is 14.0 Å². The van der Waals surface area contributed by atoms with Gasteiger partial charge in [-0.05, 0) is 74.4 Å². The van der Waals surface area contributed by atoms with Crippen molar-refractivity contribution in [1.82, 2.24) is 9.80 Å².